The molecule has 0 radical (unpaired) electrons. The van der Waals surface area contributed by atoms with Gasteiger partial charge in [0, 0.05) is 17.0 Å². The largest absolute Gasteiger partial charge is 0.465 e. The molecule has 1 heterocycles. The summed E-state index contributed by atoms with van der Waals surface area (Å²) in [6.07, 6.45) is 0. The van der Waals surface area contributed by atoms with Gasteiger partial charge in [-0.15, -0.1) is 11.3 Å². The van der Waals surface area contributed by atoms with Crippen molar-refractivity contribution in [2.45, 2.75) is 6.92 Å². The Balaban J connectivity index is 2.61. The molecule has 0 saturated carbocycles. The first-order valence-corrected chi connectivity index (χ1v) is 6.33. The molecule has 0 aliphatic rings. The predicted molar refractivity (Wildman–Crippen MR) is 72.5 cm³/mol. The van der Waals surface area contributed by atoms with Gasteiger partial charge in [-0.05, 0) is 35.6 Å². The van der Waals surface area contributed by atoms with Crippen LogP contribution in [0.5, 0.6) is 0 Å². The molecule has 1 aromatic heterocycles. The van der Waals surface area contributed by atoms with Gasteiger partial charge in [0.1, 0.15) is 0 Å². The highest BCUT2D eigenvalue weighted by molar-refractivity contribution is 7.10. The van der Waals surface area contributed by atoms with Crippen molar-refractivity contribution in [2.75, 3.05) is 7.11 Å². The Hall–Kier alpha value is -2.21. The van der Waals surface area contributed by atoms with Gasteiger partial charge in [-0.2, -0.15) is 0 Å². The lowest BCUT2D eigenvalue weighted by Gasteiger charge is -2.04. The van der Waals surface area contributed by atoms with E-state index in [0.717, 1.165) is 10.4 Å². The van der Waals surface area contributed by atoms with E-state index in [0.29, 0.717) is 5.56 Å². The highest BCUT2D eigenvalue weighted by Gasteiger charge is 2.16. The number of aryl methyl sites for hydroxylation is 1. The minimum absolute atomic E-state index is 0.122. The molecule has 0 aliphatic carbocycles. The van der Waals surface area contributed by atoms with Gasteiger partial charge in [0.05, 0.1) is 17.6 Å². The van der Waals surface area contributed by atoms with Crippen LogP contribution in [0.1, 0.15) is 15.2 Å². The van der Waals surface area contributed by atoms with E-state index in [1.165, 1.54) is 19.2 Å². The molecule has 2 aromatic rings. The summed E-state index contributed by atoms with van der Waals surface area (Å²) >= 11 is 1.55. The number of nitro groups is 1. The zero-order valence-corrected chi connectivity index (χ0v) is 11.2. The Bertz CT molecular complexity index is 648. The highest BCUT2D eigenvalue weighted by atomic mass is 32.1. The van der Waals surface area contributed by atoms with E-state index in [2.05, 4.69) is 4.74 Å². The summed E-state index contributed by atoms with van der Waals surface area (Å²) in [7, 11) is 1.25. The number of carbonyl (C=O) groups is 1. The van der Waals surface area contributed by atoms with Gasteiger partial charge in [-0.1, -0.05) is 0 Å². The predicted octanol–water partition coefficient (Wildman–Crippen LogP) is 3.42. The number of carbonyl (C=O) groups excluding carboxylic acids is 1. The van der Waals surface area contributed by atoms with Crippen LogP contribution in [0.15, 0.2) is 29.6 Å². The number of rotatable bonds is 3. The number of hydrogen-bond acceptors (Lipinski definition) is 5. The maximum absolute atomic E-state index is 11.6. The van der Waals surface area contributed by atoms with Crippen molar-refractivity contribution in [3.8, 4) is 11.1 Å². The molecule has 6 heteroatoms. The van der Waals surface area contributed by atoms with Crippen molar-refractivity contribution < 1.29 is 14.5 Å². The number of non-ortho nitro benzene ring substituents is 1. The zero-order valence-electron chi connectivity index (χ0n) is 10.4. The number of esters is 1. The Morgan fingerprint density at radius 2 is 2.11 bits per heavy atom. The minimum atomic E-state index is -0.585. The summed E-state index contributed by atoms with van der Waals surface area (Å²) in [6.45, 7) is 1.93. The van der Waals surface area contributed by atoms with Gasteiger partial charge < -0.3 is 4.74 Å². The van der Waals surface area contributed by atoms with Crippen molar-refractivity contribution in [2.24, 2.45) is 0 Å². The van der Waals surface area contributed by atoms with Crippen LogP contribution in [0.4, 0.5) is 5.69 Å². The van der Waals surface area contributed by atoms with Crippen LogP contribution in [-0.2, 0) is 4.74 Å². The molecule has 0 unspecified atom stereocenters. The van der Waals surface area contributed by atoms with Crippen molar-refractivity contribution >= 4 is 23.0 Å². The second-order valence-electron chi connectivity index (χ2n) is 3.91. The number of benzene rings is 1. The fraction of sp³-hybridized carbons (Fsp3) is 0.154. The van der Waals surface area contributed by atoms with Crippen LogP contribution < -0.4 is 0 Å². The smallest absolute Gasteiger partial charge is 0.338 e. The number of hydrogen-bond donors (Lipinski definition) is 0. The molecule has 2 rings (SSSR count). The third kappa shape index (κ3) is 2.63. The molecule has 0 saturated heterocycles. The molecule has 0 atom stereocenters. The van der Waals surface area contributed by atoms with Crippen LogP contribution >= 0.6 is 11.3 Å². The van der Waals surface area contributed by atoms with Crippen LogP contribution in [0.3, 0.4) is 0 Å². The fourth-order valence-corrected chi connectivity index (χ4v) is 2.51. The Morgan fingerprint density at radius 1 is 1.37 bits per heavy atom. The van der Waals surface area contributed by atoms with Gasteiger partial charge in [-0.25, -0.2) is 4.79 Å². The number of nitrogens with zero attached hydrogens (tertiary/aromatic N) is 1. The molecule has 0 amide bonds. The maximum Gasteiger partial charge on any atom is 0.338 e. The van der Waals surface area contributed by atoms with E-state index in [4.69, 9.17) is 0 Å². The molecule has 19 heavy (non-hydrogen) atoms. The molecule has 0 N–H and O–H groups in total. The van der Waals surface area contributed by atoms with Gasteiger partial charge in [0.25, 0.3) is 5.69 Å². The molecule has 0 fully saturated rings. The summed E-state index contributed by atoms with van der Waals surface area (Å²) in [5, 5.41) is 12.8. The highest BCUT2D eigenvalue weighted by Crippen LogP contribution is 2.31. The Morgan fingerprint density at radius 3 is 2.63 bits per heavy atom. The van der Waals surface area contributed by atoms with Crippen LogP contribution in [0.25, 0.3) is 11.1 Å². The molecule has 0 spiro atoms. The first-order valence-electron chi connectivity index (χ1n) is 5.45. The minimum Gasteiger partial charge on any atom is -0.465 e. The molecule has 0 bridgehead atoms. The van der Waals surface area contributed by atoms with E-state index in [1.807, 2.05) is 18.4 Å². The van der Waals surface area contributed by atoms with Crippen molar-refractivity contribution in [3.05, 3.63) is 50.2 Å². The van der Waals surface area contributed by atoms with E-state index >= 15 is 0 Å². The van der Waals surface area contributed by atoms with Crippen LogP contribution in [0, 0.1) is 17.0 Å². The summed E-state index contributed by atoms with van der Waals surface area (Å²) < 4.78 is 4.61. The van der Waals surface area contributed by atoms with Gasteiger partial charge in [-0.3, -0.25) is 10.1 Å². The third-order valence-electron chi connectivity index (χ3n) is 2.72. The van der Waals surface area contributed by atoms with Crippen molar-refractivity contribution in [1.29, 1.82) is 0 Å². The number of ether oxygens (including phenoxy) is 1. The standard InChI is InChI=1S/C13H11NO4S/c1-8-12(3-4-19-8)9-5-10(13(15)18-2)7-11(6-9)14(16)17/h3-7H,1-2H3. The van der Waals surface area contributed by atoms with E-state index in [9.17, 15) is 14.9 Å². The topological polar surface area (TPSA) is 69.4 Å². The Kier molecular flexibility index (Phi) is 3.62. The van der Waals surface area contributed by atoms with E-state index in [-0.39, 0.29) is 11.3 Å². The lowest BCUT2D eigenvalue weighted by atomic mass is 10.0. The zero-order chi connectivity index (χ0) is 14.0. The van der Waals surface area contributed by atoms with Gasteiger partial charge in [0.15, 0.2) is 0 Å². The second kappa shape index (κ2) is 5.19. The number of methoxy groups -OCH3 is 1. The number of nitro benzene ring substituents is 1. The van der Waals surface area contributed by atoms with Gasteiger partial charge in [0.2, 0.25) is 0 Å². The van der Waals surface area contributed by atoms with Crippen molar-refractivity contribution in [3.63, 3.8) is 0 Å². The van der Waals surface area contributed by atoms with Crippen molar-refractivity contribution in [1.82, 2.24) is 0 Å². The normalized spacial score (nSPS) is 10.2. The van der Waals surface area contributed by atoms with Gasteiger partial charge >= 0.3 is 5.97 Å². The molecule has 98 valence electrons. The molecule has 0 aliphatic heterocycles. The average molecular weight is 277 g/mol. The molecule has 5 nitrogen and oxygen atoms in total. The van der Waals surface area contributed by atoms with Crippen LogP contribution in [0.2, 0.25) is 0 Å². The third-order valence-corrected chi connectivity index (χ3v) is 3.57. The summed E-state index contributed by atoms with van der Waals surface area (Å²) in [6, 6.07) is 6.16. The summed E-state index contributed by atoms with van der Waals surface area (Å²) in [5.41, 5.74) is 1.59. The molecular formula is C13H11NO4S. The Labute approximate surface area is 113 Å². The lowest BCUT2D eigenvalue weighted by molar-refractivity contribution is -0.384. The first kappa shape index (κ1) is 13.2. The maximum atomic E-state index is 11.6. The summed E-state index contributed by atoms with van der Waals surface area (Å²) in [4.78, 5) is 23.0. The molecular weight excluding hydrogens is 266 g/mol. The lowest BCUT2D eigenvalue weighted by Crippen LogP contribution is -2.02. The monoisotopic (exact) mass is 277 g/mol. The van der Waals surface area contributed by atoms with E-state index < -0.39 is 10.9 Å². The SMILES string of the molecule is COC(=O)c1cc(-c2ccsc2C)cc([N+](=O)[O-])c1. The first-order chi connectivity index (χ1) is 9.02. The van der Waals surface area contributed by atoms with Crippen LogP contribution in [-0.4, -0.2) is 18.0 Å². The number of thiophene rings is 1. The fourth-order valence-electron chi connectivity index (χ4n) is 1.79. The molecule has 1 aromatic carbocycles. The summed E-state index contributed by atoms with van der Waals surface area (Å²) in [5.74, 6) is -0.585. The van der Waals surface area contributed by atoms with E-state index in [1.54, 1.807) is 17.4 Å². The second-order valence-corrected chi connectivity index (χ2v) is 5.03. The average Bonchev–Trinajstić information content (AvgIpc) is 2.83. The quantitative estimate of drug-likeness (QED) is 0.489.